The molecule has 1 aliphatic heterocycles. The fourth-order valence-electron chi connectivity index (χ4n) is 2.73. The van der Waals surface area contributed by atoms with Crippen LogP contribution in [0.5, 0.6) is 0 Å². The van der Waals surface area contributed by atoms with E-state index in [1.54, 1.807) is 0 Å². The zero-order chi connectivity index (χ0) is 22.3. The van der Waals surface area contributed by atoms with Gasteiger partial charge in [-0.05, 0) is 12.1 Å². The standard InChI is InChI=1S/C18H23N5O7/c1-29-16(27)8-14-23(7-6-22(30-14)10-15(25)26)13(24)9-21-18(28)12-4-2-11(3-5-12)17(19)20/h2-5,14H,6-10H2,1H3,(H3,19,20)(H,21,28)(H,25,26)/t14-/m0/s1. The van der Waals surface area contributed by atoms with Gasteiger partial charge in [0.25, 0.3) is 5.91 Å². The second-order valence-electron chi connectivity index (χ2n) is 6.36. The van der Waals surface area contributed by atoms with Gasteiger partial charge in [-0.2, -0.15) is 5.06 Å². The van der Waals surface area contributed by atoms with Gasteiger partial charge in [-0.3, -0.25) is 29.4 Å². The van der Waals surface area contributed by atoms with Crippen molar-refractivity contribution in [1.29, 1.82) is 5.41 Å². The Morgan fingerprint density at radius 2 is 1.87 bits per heavy atom. The van der Waals surface area contributed by atoms with Gasteiger partial charge in [0, 0.05) is 24.2 Å². The van der Waals surface area contributed by atoms with Crippen molar-refractivity contribution in [3.8, 4) is 0 Å². The van der Waals surface area contributed by atoms with E-state index >= 15 is 0 Å². The summed E-state index contributed by atoms with van der Waals surface area (Å²) in [5, 5.41) is 19.9. The molecule has 0 aliphatic carbocycles. The topological polar surface area (TPSA) is 175 Å². The summed E-state index contributed by atoms with van der Waals surface area (Å²) in [6.45, 7) is -0.535. The lowest BCUT2D eigenvalue weighted by molar-refractivity contribution is -0.267. The number of ether oxygens (including phenoxy) is 1. The summed E-state index contributed by atoms with van der Waals surface area (Å²) in [6, 6.07) is 5.98. The number of carbonyl (C=O) groups excluding carboxylic acids is 3. The molecule has 2 rings (SSSR count). The Morgan fingerprint density at radius 3 is 2.43 bits per heavy atom. The number of aliphatic carboxylic acids is 1. The molecule has 1 saturated heterocycles. The molecule has 30 heavy (non-hydrogen) atoms. The number of methoxy groups -OCH3 is 1. The zero-order valence-corrected chi connectivity index (χ0v) is 16.3. The molecular formula is C18H23N5O7. The van der Waals surface area contributed by atoms with E-state index in [1.165, 1.54) is 36.3 Å². The van der Waals surface area contributed by atoms with E-state index in [1.807, 2.05) is 0 Å². The van der Waals surface area contributed by atoms with Gasteiger partial charge in [0.15, 0.2) is 6.23 Å². The Hall–Kier alpha value is -3.51. The van der Waals surface area contributed by atoms with Crippen molar-refractivity contribution in [3.63, 3.8) is 0 Å². The van der Waals surface area contributed by atoms with Crippen LogP contribution in [0, 0.1) is 5.41 Å². The first-order valence-corrected chi connectivity index (χ1v) is 8.93. The molecule has 0 saturated carbocycles. The van der Waals surface area contributed by atoms with Crippen molar-refractivity contribution in [2.75, 3.05) is 33.3 Å². The summed E-state index contributed by atoms with van der Waals surface area (Å²) in [5.74, 6) is -2.89. The first kappa shape index (κ1) is 22.8. The molecule has 12 nitrogen and oxygen atoms in total. The number of amides is 2. The quantitative estimate of drug-likeness (QED) is 0.227. The Morgan fingerprint density at radius 1 is 1.23 bits per heavy atom. The summed E-state index contributed by atoms with van der Waals surface area (Å²) < 4.78 is 4.59. The molecule has 1 fully saturated rings. The molecule has 1 aliphatic rings. The van der Waals surface area contributed by atoms with E-state index in [0.29, 0.717) is 5.56 Å². The number of hydrogen-bond acceptors (Lipinski definition) is 8. The monoisotopic (exact) mass is 421 g/mol. The lowest BCUT2D eigenvalue weighted by Gasteiger charge is -2.39. The third-order valence-corrected chi connectivity index (χ3v) is 4.27. The van der Waals surface area contributed by atoms with Crippen molar-refractivity contribution in [3.05, 3.63) is 35.4 Å². The first-order valence-electron chi connectivity index (χ1n) is 8.93. The Labute approximate surface area is 172 Å². The van der Waals surface area contributed by atoms with Crippen LogP contribution in [0.15, 0.2) is 24.3 Å². The van der Waals surface area contributed by atoms with Crippen LogP contribution in [0.1, 0.15) is 22.3 Å². The van der Waals surface area contributed by atoms with Crippen LogP contribution in [0.3, 0.4) is 0 Å². The average Bonchev–Trinajstić information content (AvgIpc) is 2.71. The Kier molecular flexibility index (Phi) is 7.83. The fourth-order valence-corrected chi connectivity index (χ4v) is 2.73. The average molecular weight is 421 g/mol. The number of hydrogen-bond donors (Lipinski definition) is 4. The normalized spacial score (nSPS) is 16.6. The molecule has 1 aromatic rings. The molecule has 0 spiro atoms. The number of rotatable bonds is 8. The van der Waals surface area contributed by atoms with Gasteiger partial charge in [-0.25, -0.2) is 0 Å². The number of carboxylic acids is 1. The van der Waals surface area contributed by atoms with E-state index in [9.17, 15) is 19.2 Å². The molecule has 162 valence electrons. The number of amidine groups is 1. The maximum Gasteiger partial charge on any atom is 0.320 e. The van der Waals surface area contributed by atoms with E-state index in [2.05, 4.69) is 10.1 Å². The molecule has 0 bridgehead atoms. The number of carboxylic acid groups (broad SMARTS) is 1. The van der Waals surface area contributed by atoms with Gasteiger partial charge in [0.1, 0.15) is 12.4 Å². The van der Waals surface area contributed by atoms with Crippen LogP contribution in [-0.2, 0) is 24.0 Å². The molecule has 0 unspecified atom stereocenters. The van der Waals surface area contributed by atoms with Crippen LogP contribution < -0.4 is 11.1 Å². The number of nitrogens with two attached hydrogens (primary N) is 1. The van der Waals surface area contributed by atoms with Gasteiger partial charge in [-0.15, -0.1) is 0 Å². The molecule has 1 aromatic carbocycles. The maximum absolute atomic E-state index is 12.6. The minimum Gasteiger partial charge on any atom is -0.480 e. The third-order valence-electron chi connectivity index (χ3n) is 4.27. The number of carbonyl (C=O) groups is 4. The lowest BCUT2D eigenvalue weighted by atomic mass is 10.1. The zero-order valence-electron chi connectivity index (χ0n) is 16.3. The summed E-state index contributed by atoms with van der Waals surface area (Å²) in [6.07, 6.45) is -1.34. The largest absolute Gasteiger partial charge is 0.480 e. The van der Waals surface area contributed by atoms with Gasteiger partial charge in [0.05, 0.1) is 20.1 Å². The first-order chi connectivity index (χ1) is 14.2. The predicted molar refractivity (Wildman–Crippen MR) is 102 cm³/mol. The summed E-state index contributed by atoms with van der Waals surface area (Å²) in [5.41, 5.74) is 6.11. The van der Waals surface area contributed by atoms with Crippen LogP contribution in [-0.4, -0.2) is 84.2 Å². The van der Waals surface area contributed by atoms with Gasteiger partial charge in [0.2, 0.25) is 5.91 Å². The Balaban J connectivity index is 1.98. The van der Waals surface area contributed by atoms with Crippen molar-refractivity contribution in [2.45, 2.75) is 12.6 Å². The molecule has 1 heterocycles. The molecule has 5 N–H and O–H groups in total. The minimum absolute atomic E-state index is 0.108. The maximum atomic E-state index is 12.6. The Bertz CT molecular complexity index is 827. The highest BCUT2D eigenvalue weighted by molar-refractivity contribution is 5.99. The second kappa shape index (κ2) is 10.3. The van der Waals surface area contributed by atoms with Crippen molar-refractivity contribution >= 4 is 29.6 Å². The number of hydroxylamine groups is 2. The number of nitrogens with zero attached hydrogens (tertiary/aromatic N) is 2. The van der Waals surface area contributed by atoms with Crippen LogP contribution in [0.25, 0.3) is 0 Å². The third kappa shape index (κ3) is 6.25. The number of benzene rings is 1. The molecule has 12 heteroatoms. The summed E-state index contributed by atoms with van der Waals surface area (Å²) in [7, 11) is 1.18. The van der Waals surface area contributed by atoms with Gasteiger partial charge < -0.3 is 25.8 Å². The molecule has 2 amide bonds. The van der Waals surface area contributed by atoms with E-state index in [-0.39, 0.29) is 37.5 Å². The van der Waals surface area contributed by atoms with Crippen molar-refractivity contribution in [2.24, 2.45) is 5.73 Å². The molecular weight excluding hydrogens is 398 g/mol. The summed E-state index contributed by atoms with van der Waals surface area (Å²) in [4.78, 5) is 54.0. The predicted octanol–water partition coefficient (Wildman–Crippen LogP) is -1.25. The minimum atomic E-state index is -1.12. The highest BCUT2D eigenvalue weighted by Crippen LogP contribution is 2.16. The number of esters is 1. The van der Waals surface area contributed by atoms with E-state index in [4.69, 9.17) is 21.1 Å². The highest BCUT2D eigenvalue weighted by Gasteiger charge is 2.34. The smallest absolute Gasteiger partial charge is 0.320 e. The lowest BCUT2D eigenvalue weighted by Crippen LogP contribution is -2.57. The van der Waals surface area contributed by atoms with Gasteiger partial charge >= 0.3 is 11.9 Å². The van der Waals surface area contributed by atoms with Crippen molar-refractivity contribution in [1.82, 2.24) is 15.3 Å². The van der Waals surface area contributed by atoms with Gasteiger partial charge in [-0.1, -0.05) is 12.1 Å². The van der Waals surface area contributed by atoms with Crippen LogP contribution >= 0.6 is 0 Å². The highest BCUT2D eigenvalue weighted by atomic mass is 16.7. The number of nitrogens with one attached hydrogen (secondary N) is 2. The van der Waals surface area contributed by atoms with Crippen LogP contribution in [0.4, 0.5) is 0 Å². The summed E-state index contributed by atoms with van der Waals surface area (Å²) >= 11 is 0. The van der Waals surface area contributed by atoms with Crippen molar-refractivity contribution < 1.29 is 33.9 Å². The molecule has 0 radical (unpaired) electrons. The van der Waals surface area contributed by atoms with Crippen LogP contribution in [0.2, 0.25) is 0 Å². The van der Waals surface area contributed by atoms with E-state index in [0.717, 1.165) is 5.06 Å². The second-order valence-corrected chi connectivity index (χ2v) is 6.36. The fraction of sp³-hybridized carbons (Fsp3) is 0.389. The van der Waals surface area contributed by atoms with E-state index < -0.39 is 36.5 Å². The SMILES string of the molecule is COC(=O)C[C@@H]1ON(CC(=O)O)CCN1C(=O)CNC(=O)c1ccc(C(=N)N)cc1. The number of nitrogen functional groups attached to an aromatic ring is 1. The molecule has 0 aromatic heterocycles. The molecule has 1 atom stereocenters.